The number of hydrogen-bond acceptors (Lipinski definition) is 4. The van der Waals surface area contributed by atoms with E-state index < -0.39 is 10.0 Å². The second kappa shape index (κ2) is 8.71. The van der Waals surface area contributed by atoms with E-state index in [1.807, 2.05) is 18.9 Å². The van der Waals surface area contributed by atoms with Gasteiger partial charge in [0.25, 0.3) is 5.91 Å². The van der Waals surface area contributed by atoms with Gasteiger partial charge in [-0.15, -0.1) is 0 Å². The molecule has 27 heavy (non-hydrogen) atoms. The predicted molar refractivity (Wildman–Crippen MR) is 106 cm³/mol. The lowest BCUT2D eigenvalue weighted by Gasteiger charge is -2.32. The minimum absolute atomic E-state index is 0.0499. The number of hydrogen-bond donors (Lipinski definition) is 1. The van der Waals surface area contributed by atoms with Gasteiger partial charge in [0.2, 0.25) is 10.0 Å². The van der Waals surface area contributed by atoms with Crippen LogP contribution >= 0.6 is 0 Å². The summed E-state index contributed by atoms with van der Waals surface area (Å²) in [6, 6.07) is 4.98. The minimum atomic E-state index is -3.53. The highest BCUT2D eigenvalue weighted by atomic mass is 32.2. The first kappa shape index (κ1) is 20.3. The number of aryl methyl sites for hydroxylation is 1. The van der Waals surface area contributed by atoms with E-state index in [0.717, 1.165) is 57.3 Å². The molecule has 3 rings (SSSR count). The lowest BCUT2D eigenvalue weighted by Crippen LogP contribution is -2.40. The molecule has 2 heterocycles. The SMILES string of the molecule is CNCC1CCN(C(=O)c2cc(S(=O)(=O)N3CCCCC3)ccc2C)CC1. The van der Waals surface area contributed by atoms with Crippen molar-refractivity contribution in [3.05, 3.63) is 29.3 Å². The average molecular weight is 394 g/mol. The Morgan fingerprint density at radius 2 is 1.78 bits per heavy atom. The van der Waals surface area contributed by atoms with Crippen LogP contribution in [0.15, 0.2) is 23.1 Å². The van der Waals surface area contributed by atoms with Crippen molar-refractivity contribution >= 4 is 15.9 Å². The zero-order valence-electron chi connectivity index (χ0n) is 16.4. The summed E-state index contributed by atoms with van der Waals surface area (Å²) >= 11 is 0. The molecule has 2 fully saturated rings. The normalized spacial score (nSPS) is 20.0. The van der Waals surface area contributed by atoms with Crippen LogP contribution in [0.25, 0.3) is 0 Å². The molecule has 0 saturated carbocycles. The van der Waals surface area contributed by atoms with E-state index in [1.165, 1.54) is 0 Å². The predicted octanol–water partition coefficient (Wildman–Crippen LogP) is 2.24. The van der Waals surface area contributed by atoms with Crippen molar-refractivity contribution < 1.29 is 13.2 Å². The van der Waals surface area contributed by atoms with Gasteiger partial charge in [0.1, 0.15) is 0 Å². The Labute approximate surface area is 163 Å². The van der Waals surface area contributed by atoms with Crippen LogP contribution in [0.3, 0.4) is 0 Å². The zero-order valence-corrected chi connectivity index (χ0v) is 17.2. The summed E-state index contributed by atoms with van der Waals surface area (Å²) in [6.07, 6.45) is 4.85. The highest BCUT2D eigenvalue weighted by Crippen LogP contribution is 2.25. The molecule has 0 aliphatic carbocycles. The van der Waals surface area contributed by atoms with Crippen molar-refractivity contribution in [3.8, 4) is 0 Å². The molecule has 0 radical (unpaired) electrons. The summed E-state index contributed by atoms with van der Waals surface area (Å²) in [5.74, 6) is 0.553. The lowest BCUT2D eigenvalue weighted by atomic mass is 9.96. The molecular formula is C20H31N3O3S. The molecule has 0 aromatic heterocycles. The average Bonchev–Trinajstić information content (AvgIpc) is 2.69. The van der Waals surface area contributed by atoms with E-state index in [4.69, 9.17) is 0 Å². The summed E-state index contributed by atoms with van der Waals surface area (Å²) in [6.45, 7) is 5.45. The number of carbonyl (C=O) groups excluding carboxylic acids is 1. The van der Waals surface area contributed by atoms with E-state index >= 15 is 0 Å². The fraction of sp³-hybridized carbons (Fsp3) is 0.650. The third kappa shape index (κ3) is 4.52. The fourth-order valence-corrected chi connectivity index (χ4v) is 5.59. The monoisotopic (exact) mass is 393 g/mol. The van der Waals surface area contributed by atoms with Crippen LogP contribution in [0.1, 0.15) is 48.0 Å². The third-order valence-electron chi connectivity index (χ3n) is 5.79. The van der Waals surface area contributed by atoms with Crippen LogP contribution in [-0.2, 0) is 10.0 Å². The largest absolute Gasteiger partial charge is 0.339 e. The summed E-state index contributed by atoms with van der Waals surface area (Å²) in [7, 11) is -1.57. The van der Waals surface area contributed by atoms with Gasteiger partial charge in [-0.2, -0.15) is 4.31 Å². The summed E-state index contributed by atoms with van der Waals surface area (Å²) in [4.78, 5) is 15.1. The molecule has 1 N–H and O–H groups in total. The van der Waals surface area contributed by atoms with Crippen LogP contribution < -0.4 is 5.32 Å². The Balaban J connectivity index is 1.78. The summed E-state index contributed by atoms with van der Waals surface area (Å²) in [5, 5.41) is 3.20. The standard InChI is InChI=1S/C20H31N3O3S/c1-16-6-7-18(27(25,26)23-10-4-3-5-11-23)14-19(16)20(24)22-12-8-17(9-13-22)15-21-2/h6-7,14,17,21H,3-5,8-13,15H2,1-2H3. The Kier molecular flexibility index (Phi) is 6.55. The van der Waals surface area contributed by atoms with E-state index in [2.05, 4.69) is 5.32 Å². The number of amides is 1. The molecule has 1 aromatic rings. The van der Waals surface area contributed by atoms with Crippen molar-refractivity contribution in [2.24, 2.45) is 5.92 Å². The highest BCUT2D eigenvalue weighted by Gasteiger charge is 2.29. The quantitative estimate of drug-likeness (QED) is 0.833. The molecule has 6 nitrogen and oxygen atoms in total. The number of carbonyl (C=O) groups is 1. The maximum Gasteiger partial charge on any atom is 0.254 e. The van der Waals surface area contributed by atoms with E-state index in [-0.39, 0.29) is 10.8 Å². The van der Waals surface area contributed by atoms with Crippen LogP contribution in [0.4, 0.5) is 0 Å². The molecule has 0 atom stereocenters. The van der Waals surface area contributed by atoms with Gasteiger partial charge in [-0.25, -0.2) is 8.42 Å². The van der Waals surface area contributed by atoms with E-state index in [9.17, 15) is 13.2 Å². The molecule has 0 spiro atoms. The number of rotatable bonds is 5. The number of likely N-dealkylation sites (tertiary alicyclic amines) is 1. The van der Waals surface area contributed by atoms with Crippen molar-refractivity contribution in [2.75, 3.05) is 39.8 Å². The number of sulfonamides is 1. The zero-order chi connectivity index (χ0) is 19.4. The van der Waals surface area contributed by atoms with Gasteiger partial charge >= 0.3 is 0 Å². The summed E-state index contributed by atoms with van der Waals surface area (Å²) < 4.78 is 27.5. The second-order valence-electron chi connectivity index (χ2n) is 7.73. The molecule has 1 aromatic carbocycles. The first-order valence-corrected chi connectivity index (χ1v) is 11.4. The van der Waals surface area contributed by atoms with E-state index in [1.54, 1.807) is 22.5 Å². The molecule has 150 valence electrons. The maximum absolute atomic E-state index is 13.0. The van der Waals surface area contributed by atoms with Crippen LogP contribution in [0.5, 0.6) is 0 Å². The second-order valence-corrected chi connectivity index (χ2v) is 9.67. The van der Waals surface area contributed by atoms with Crippen LogP contribution in [0, 0.1) is 12.8 Å². The number of nitrogens with zero attached hydrogens (tertiary/aromatic N) is 2. The maximum atomic E-state index is 13.0. The van der Waals surface area contributed by atoms with Crippen LogP contribution in [-0.4, -0.2) is 63.3 Å². The first-order chi connectivity index (χ1) is 12.9. The van der Waals surface area contributed by atoms with Crippen LogP contribution in [0.2, 0.25) is 0 Å². The fourth-order valence-electron chi connectivity index (χ4n) is 4.05. The lowest BCUT2D eigenvalue weighted by molar-refractivity contribution is 0.0690. The van der Waals surface area contributed by atoms with Crippen molar-refractivity contribution in [1.82, 2.24) is 14.5 Å². The van der Waals surface area contributed by atoms with Crippen molar-refractivity contribution in [1.29, 1.82) is 0 Å². The number of benzene rings is 1. The first-order valence-electron chi connectivity index (χ1n) is 9.98. The molecule has 0 unspecified atom stereocenters. The molecule has 0 bridgehead atoms. The van der Waals surface area contributed by atoms with Gasteiger partial charge in [0, 0.05) is 31.7 Å². The smallest absolute Gasteiger partial charge is 0.254 e. The van der Waals surface area contributed by atoms with Gasteiger partial charge < -0.3 is 10.2 Å². The molecular weight excluding hydrogens is 362 g/mol. The number of nitrogens with one attached hydrogen (secondary N) is 1. The Hall–Kier alpha value is -1.44. The topological polar surface area (TPSA) is 69.7 Å². The van der Waals surface area contributed by atoms with Gasteiger partial charge in [0.05, 0.1) is 4.90 Å². The van der Waals surface area contributed by atoms with Gasteiger partial charge in [-0.05, 0) is 69.8 Å². The Morgan fingerprint density at radius 3 is 2.41 bits per heavy atom. The Bertz CT molecular complexity index is 765. The number of piperidine rings is 2. The molecule has 1 amide bonds. The highest BCUT2D eigenvalue weighted by molar-refractivity contribution is 7.89. The minimum Gasteiger partial charge on any atom is -0.339 e. The van der Waals surface area contributed by atoms with Gasteiger partial charge in [-0.1, -0.05) is 12.5 Å². The summed E-state index contributed by atoms with van der Waals surface area (Å²) in [5.41, 5.74) is 1.34. The molecule has 7 heteroatoms. The van der Waals surface area contributed by atoms with Gasteiger partial charge in [-0.3, -0.25) is 4.79 Å². The van der Waals surface area contributed by atoms with Crippen molar-refractivity contribution in [3.63, 3.8) is 0 Å². The Morgan fingerprint density at radius 1 is 1.11 bits per heavy atom. The molecule has 2 aliphatic heterocycles. The van der Waals surface area contributed by atoms with E-state index in [0.29, 0.717) is 24.6 Å². The van der Waals surface area contributed by atoms with Gasteiger partial charge in [0.15, 0.2) is 0 Å². The molecule has 2 saturated heterocycles. The molecule has 2 aliphatic rings. The third-order valence-corrected chi connectivity index (χ3v) is 7.68. The van der Waals surface area contributed by atoms with Crippen molar-refractivity contribution in [2.45, 2.75) is 43.9 Å².